The molecule has 0 saturated heterocycles. The van der Waals surface area contributed by atoms with Crippen LogP contribution in [-0.4, -0.2) is 26.2 Å². The molecule has 5 rings (SSSR count). The van der Waals surface area contributed by atoms with E-state index in [9.17, 15) is 25.2 Å². The highest BCUT2D eigenvalue weighted by atomic mass is 16.3. The maximum Gasteiger partial charge on any atom is 0.167 e. The van der Waals surface area contributed by atoms with E-state index in [0.717, 1.165) is 5.56 Å². The van der Waals surface area contributed by atoms with E-state index in [1.54, 1.807) is 18.2 Å². The Hall–Kier alpha value is -2.37. The lowest BCUT2D eigenvalue weighted by molar-refractivity contribution is 0.00599. The molecule has 0 amide bonds. The Bertz CT molecular complexity index is 934. The molecule has 5 nitrogen and oxygen atoms in total. The Balaban J connectivity index is 1.86. The number of carbonyl (C=O) groups excluding carboxylic acids is 1. The lowest BCUT2D eigenvalue weighted by atomic mass is 9.67. The number of aromatic hydroxyl groups is 2. The van der Waals surface area contributed by atoms with E-state index in [-0.39, 0.29) is 41.1 Å². The molecule has 0 heterocycles. The van der Waals surface area contributed by atoms with Gasteiger partial charge in [-0.1, -0.05) is 18.2 Å². The van der Waals surface area contributed by atoms with Crippen LogP contribution in [0.25, 0.3) is 0 Å². The van der Waals surface area contributed by atoms with E-state index < -0.39 is 11.7 Å². The summed E-state index contributed by atoms with van der Waals surface area (Å²) < 4.78 is 0. The van der Waals surface area contributed by atoms with Gasteiger partial charge in [0.25, 0.3) is 0 Å². The quantitative estimate of drug-likeness (QED) is 0.591. The highest BCUT2D eigenvalue weighted by Gasteiger charge is 2.58. The van der Waals surface area contributed by atoms with Crippen molar-refractivity contribution in [3.05, 3.63) is 58.1 Å². The van der Waals surface area contributed by atoms with Crippen LogP contribution in [0.3, 0.4) is 0 Å². The summed E-state index contributed by atoms with van der Waals surface area (Å²) in [5.74, 6) is -0.705. The standard InChI is InChI=1S/C20H18O5/c21-13-3-1-2-10-18(13)16(24)8-12-9-4-6-14(22)19-15(23)7-5-11(17(9)19)20(10,12)25/h1-3,5,7,9,12,14,21-23,25H,4,6,8H2/t9-,12-,14+,20-/m1/s1. The maximum atomic E-state index is 12.7. The van der Waals surface area contributed by atoms with Crippen LogP contribution in [0.2, 0.25) is 0 Å². The summed E-state index contributed by atoms with van der Waals surface area (Å²) in [5, 5.41) is 42.6. The Morgan fingerprint density at radius 1 is 0.960 bits per heavy atom. The summed E-state index contributed by atoms with van der Waals surface area (Å²) in [7, 11) is 0. The van der Waals surface area contributed by atoms with Gasteiger partial charge < -0.3 is 20.4 Å². The highest BCUT2D eigenvalue weighted by Crippen LogP contribution is 2.63. The minimum atomic E-state index is -1.39. The number of phenolic OH excluding ortho intramolecular Hbond substituents is 2. The van der Waals surface area contributed by atoms with E-state index in [2.05, 4.69) is 0 Å². The second kappa shape index (κ2) is 4.62. The molecule has 0 radical (unpaired) electrons. The monoisotopic (exact) mass is 338 g/mol. The van der Waals surface area contributed by atoms with Crippen molar-refractivity contribution in [3.63, 3.8) is 0 Å². The van der Waals surface area contributed by atoms with Crippen LogP contribution in [0, 0.1) is 5.92 Å². The zero-order chi connectivity index (χ0) is 17.5. The van der Waals surface area contributed by atoms with Crippen LogP contribution < -0.4 is 0 Å². The largest absolute Gasteiger partial charge is 0.508 e. The highest BCUT2D eigenvalue weighted by molar-refractivity contribution is 6.02. The van der Waals surface area contributed by atoms with Gasteiger partial charge in [-0.2, -0.15) is 0 Å². The van der Waals surface area contributed by atoms with Crippen LogP contribution in [0.4, 0.5) is 0 Å². The molecule has 0 spiro atoms. The number of fused-ring (bicyclic) bond motifs is 5. The third-order valence-electron chi connectivity index (χ3n) is 6.29. The van der Waals surface area contributed by atoms with Crippen LogP contribution in [0.1, 0.15) is 63.9 Å². The zero-order valence-electron chi connectivity index (χ0n) is 13.4. The Kier molecular flexibility index (Phi) is 2.76. The summed E-state index contributed by atoms with van der Waals surface area (Å²) in [4.78, 5) is 12.7. The van der Waals surface area contributed by atoms with Gasteiger partial charge in [-0.05, 0) is 42.0 Å². The van der Waals surface area contributed by atoms with Crippen molar-refractivity contribution in [2.75, 3.05) is 0 Å². The molecule has 5 heteroatoms. The molecule has 2 aromatic carbocycles. The number of phenols is 2. The molecule has 3 aliphatic rings. The first-order valence-electron chi connectivity index (χ1n) is 8.57. The van der Waals surface area contributed by atoms with Gasteiger partial charge in [0, 0.05) is 23.5 Å². The van der Waals surface area contributed by atoms with Crippen molar-refractivity contribution >= 4 is 5.78 Å². The molecule has 3 aliphatic carbocycles. The van der Waals surface area contributed by atoms with Gasteiger partial charge in [0.15, 0.2) is 5.78 Å². The van der Waals surface area contributed by atoms with Gasteiger partial charge in [-0.15, -0.1) is 0 Å². The topological polar surface area (TPSA) is 98.0 Å². The number of hydrogen-bond donors (Lipinski definition) is 4. The molecule has 0 saturated carbocycles. The molecule has 0 fully saturated rings. The van der Waals surface area contributed by atoms with E-state index in [4.69, 9.17) is 0 Å². The molecule has 4 atom stereocenters. The first kappa shape index (κ1) is 14.9. The number of aliphatic hydroxyl groups is 2. The molecule has 0 unspecified atom stereocenters. The average Bonchev–Trinajstić information content (AvgIpc) is 2.83. The SMILES string of the molecule is O=C1C[C@@H]2[C@H]3CC[C@H](O)c4c(O)ccc(c43)[C@]2(O)c2cccc(O)c21. The molecule has 2 aromatic rings. The molecule has 128 valence electrons. The summed E-state index contributed by atoms with van der Waals surface area (Å²) in [6.07, 6.45) is 0.507. The molecule has 4 N–H and O–H groups in total. The zero-order valence-corrected chi connectivity index (χ0v) is 13.4. The van der Waals surface area contributed by atoms with Crippen LogP contribution >= 0.6 is 0 Å². The van der Waals surface area contributed by atoms with Crippen molar-refractivity contribution < 1.29 is 25.2 Å². The second-order valence-electron chi connectivity index (χ2n) is 7.36. The summed E-state index contributed by atoms with van der Waals surface area (Å²) in [6, 6.07) is 7.95. The molecule has 25 heavy (non-hydrogen) atoms. The lowest BCUT2D eigenvalue weighted by Gasteiger charge is -2.39. The number of aliphatic hydroxyl groups excluding tert-OH is 1. The minimum absolute atomic E-state index is 0.0284. The fraction of sp³-hybridized carbons (Fsp3) is 0.350. The fourth-order valence-corrected chi connectivity index (χ4v) is 5.31. The predicted octanol–water partition coefficient (Wildman–Crippen LogP) is 2.46. The van der Waals surface area contributed by atoms with Gasteiger partial charge >= 0.3 is 0 Å². The lowest BCUT2D eigenvalue weighted by Crippen LogP contribution is -2.40. The van der Waals surface area contributed by atoms with E-state index in [1.165, 1.54) is 12.1 Å². The van der Waals surface area contributed by atoms with E-state index in [1.807, 2.05) is 0 Å². The molecular weight excluding hydrogens is 320 g/mol. The molecule has 0 aliphatic heterocycles. The second-order valence-corrected chi connectivity index (χ2v) is 7.36. The normalized spacial score (nSPS) is 32.1. The van der Waals surface area contributed by atoms with Gasteiger partial charge in [-0.3, -0.25) is 4.79 Å². The van der Waals surface area contributed by atoms with E-state index >= 15 is 0 Å². The van der Waals surface area contributed by atoms with Crippen LogP contribution in [0.15, 0.2) is 30.3 Å². The first-order valence-corrected chi connectivity index (χ1v) is 8.57. The first-order chi connectivity index (χ1) is 11.9. The summed E-state index contributed by atoms with van der Waals surface area (Å²) in [6.45, 7) is 0. The van der Waals surface area contributed by atoms with Gasteiger partial charge in [0.1, 0.15) is 17.1 Å². The number of benzene rings is 2. The number of rotatable bonds is 0. The number of carbonyl (C=O) groups is 1. The Morgan fingerprint density at radius 3 is 2.56 bits per heavy atom. The molecule has 0 bridgehead atoms. The van der Waals surface area contributed by atoms with Gasteiger partial charge in [0.05, 0.1) is 11.7 Å². The van der Waals surface area contributed by atoms with Crippen molar-refractivity contribution in [1.29, 1.82) is 0 Å². The van der Waals surface area contributed by atoms with Crippen LogP contribution in [0.5, 0.6) is 11.5 Å². The maximum absolute atomic E-state index is 12.7. The van der Waals surface area contributed by atoms with Gasteiger partial charge in [-0.25, -0.2) is 0 Å². The van der Waals surface area contributed by atoms with Crippen molar-refractivity contribution in [2.45, 2.75) is 36.9 Å². The third kappa shape index (κ3) is 1.62. The fourth-order valence-electron chi connectivity index (χ4n) is 5.31. The van der Waals surface area contributed by atoms with Crippen molar-refractivity contribution in [2.24, 2.45) is 5.92 Å². The average molecular weight is 338 g/mol. The molecular formula is C20H18O5. The minimum Gasteiger partial charge on any atom is -0.508 e. The Morgan fingerprint density at radius 2 is 1.76 bits per heavy atom. The van der Waals surface area contributed by atoms with Crippen molar-refractivity contribution in [3.8, 4) is 11.5 Å². The smallest absolute Gasteiger partial charge is 0.167 e. The molecule has 0 aromatic heterocycles. The number of Topliss-reactive ketones (excluding diaryl/α,β-unsaturated/α-hetero) is 1. The number of hydrogen-bond acceptors (Lipinski definition) is 5. The van der Waals surface area contributed by atoms with Crippen LogP contribution in [-0.2, 0) is 5.60 Å². The summed E-state index contributed by atoms with van der Waals surface area (Å²) in [5.41, 5.74) is 1.09. The third-order valence-corrected chi connectivity index (χ3v) is 6.29. The van der Waals surface area contributed by atoms with Gasteiger partial charge in [0.2, 0.25) is 0 Å². The number of ketones is 1. The van der Waals surface area contributed by atoms with E-state index in [0.29, 0.717) is 29.5 Å². The predicted molar refractivity (Wildman–Crippen MR) is 88.6 cm³/mol. The Labute approximate surface area is 144 Å². The van der Waals surface area contributed by atoms with Crippen molar-refractivity contribution in [1.82, 2.24) is 0 Å². The summed E-state index contributed by atoms with van der Waals surface area (Å²) >= 11 is 0.